The first-order chi connectivity index (χ1) is 30.1. The van der Waals surface area contributed by atoms with Gasteiger partial charge < -0.3 is 16.6 Å². The number of carbonyl (C=O) groups is 1. The quantitative estimate of drug-likeness (QED) is 0.00815. The Morgan fingerprint density at radius 3 is 1.48 bits per heavy atom. The molecule has 0 fully saturated rings. The highest BCUT2D eigenvalue weighted by atomic mass is 32.3. The number of nitrogen functional groups attached to an aromatic ring is 2. The van der Waals surface area contributed by atoms with Gasteiger partial charge in [-0.15, -0.1) is 20.5 Å². The average molecular weight is 1010 g/mol. The molecule has 0 amide bonds. The van der Waals surface area contributed by atoms with Gasteiger partial charge in [0.05, 0.1) is 57.3 Å². The molecular weight excluding hydrogens is 975 g/mol. The van der Waals surface area contributed by atoms with Gasteiger partial charge in [-0.05, 0) is 66.7 Å². The summed E-state index contributed by atoms with van der Waals surface area (Å²) < 4.78 is 154. The Hall–Kier alpha value is -6.69. The third kappa shape index (κ3) is 14.2. The Bertz CT molecular complexity index is 3180. The first-order valence-corrected chi connectivity index (χ1v) is 24.4. The van der Waals surface area contributed by atoms with Gasteiger partial charge in [-0.1, -0.05) is 6.58 Å². The third-order valence-corrected chi connectivity index (χ3v) is 13.0. The SMILES string of the molecule is C=C(OOC=N)c1ccc(N=Nc2c(N)c(N=Nc3ccc(S(=O)(=O)CCOS(=O)(=O)O)cc3)c(N)c(N=Nc3ccc(S(=O)(=O)CCOS(=O)(=O)O)cc3)c2C(=O)O)c(S(=O)(=O)O)c1. The van der Waals surface area contributed by atoms with Crippen molar-refractivity contribution in [1.82, 2.24) is 0 Å². The Labute approximate surface area is 367 Å². The second-order valence-corrected chi connectivity index (χ2v) is 19.9. The lowest BCUT2D eigenvalue weighted by atomic mass is 10.1. The summed E-state index contributed by atoms with van der Waals surface area (Å²) in [7, 11) is -23.3. The lowest BCUT2D eigenvalue weighted by Crippen LogP contribution is -2.15. The molecule has 0 radical (unpaired) electrons. The van der Waals surface area contributed by atoms with Crippen LogP contribution in [0.5, 0.6) is 0 Å². The van der Waals surface area contributed by atoms with Gasteiger partial charge in [0, 0.05) is 5.56 Å². The first kappa shape index (κ1) is 50.9. The van der Waals surface area contributed by atoms with E-state index in [1.807, 2.05) is 0 Å². The minimum atomic E-state index is -5.13. The van der Waals surface area contributed by atoms with Crippen molar-refractivity contribution in [3.63, 3.8) is 0 Å². The monoisotopic (exact) mass is 1010 g/mol. The standard InChI is InChI=1S/C32H31N9O19S5/c1-18(60-57-17-33)19-2-11-24(25(16-19)63(48,49)50)38-40-30-26(32(42)43)29(39-36-20-3-7-22(8-4-20)61(44,45)14-12-58-64(51,52)53)27(34)31(28(30)35)41-37-21-5-9-23(10-6-21)62(46,47)15-13-59-65(54,55)56/h2-11,16-17,33H,1,12-15,34-35H2,(H,42,43)(H,48,49,50)(H,51,52,53)(H,54,55,56). The second kappa shape index (κ2) is 20.4. The van der Waals surface area contributed by atoms with Gasteiger partial charge in [0.15, 0.2) is 25.4 Å². The summed E-state index contributed by atoms with van der Waals surface area (Å²) >= 11 is 0. The first-order valence-electron chi connectivity index (χ1n) is 16.9. The van der Waals surface area contributed by atoms with Crippen molar-refractivity contribution >= 4 is 114 Å². The number of nitrogens with zero attached hydrogens (tertiary/aromatic N) is 6. The van der Waals surface area contributed by atoms with E-state index in [4.69, 9.17) is 30.9 Å². The molecule has 4 rings (SSSR count). The van der Waals surface area contributed by atoms with E-state index >= 15 is 0 Å². The van der Waals surface area contributed by atoms with Crippen molar-refractivity contribution < 1.29 is 83.8 Å². The van der Waals surface area contributed by atoms with Crippen molar-refractivity contribution in [3.05, 3.63) is 84.4 Å². The zero-order chi connectivity index (χ0) is 48.5. The molecule has 33 heteroatoms. The zero-order valence-corrected chi connectivity index (χ0v) is 36.3. The molecular formula is C32H31N9O19S5. The highest BCUT2D eigenvalue weighted by molar-refractivity contribution is 7.91. The molecule has 0 heterocycles. The molecule has 0 atom stereocenters. The number of sulfone groups is 2. The van der Waals surface area contributed by atoms with E-state index < -0.39 is 126 Å². The molecule has 65 heavy (non-hydrogen) atoms. The molecule has 0 bridgehead atoms. The van der Waals surface area contributed by atoms with E-state index in [2.05, 4.69) is 50.5 Å². The van der Waals surface area contributed by atoms with Crippen LogP contribution >= 0.6 is 0 Å². The van der Waals surface area contributed by atoms with Crippen molar-refractivity contribution in [3.8, 4) is 0 Å². The molecule has 0 unspecified atom stereocenters. The molecule has 9 N–H and O–H groups in total. The number of anilines is 2. The fourth-order valence-corrected chi connectivity index (χ4v) is 8.50. The summed E-state index contributed by atoms with van der Waals surface area (Å²) in [4.78, 5) is 20.3. The highest BCUT2D eigenvalue weighted by Gasteiger charge is 2.28. The van der Waals surface area contributed by atoms with E-state index in [0.29, 0.717) is 6.40 Å². The summed E-state index contributed by atoms with van der Waals surface area (Å²) in [6.45, 7) is 1.67. The maximum Gasteiger partial charge on any atom is 0.397 e. The maximum atomic E-state index is 12.8. The highest BCUT2D eigenvalue weighted by Crippen LogP contribution is 2.49. The predicted molar refractivity (Wildman–Crippen MR) is 223 cm³/mol. The Morgan fingerprint density at radius 1 is 0.646 bits per heavy atom. The fourth-order valence-electron chi connectivity index (χ4n) is 4.87. The smallest absolute Gasteiger partial charge is 0.397 e. The van der Waals surface area contributed by atoms with Gasteiger partial charge >= 0.3 is 26.8 Å². The molecule has 0 aliphatic rings. The van der Waals surface area contributed by atoms with Crippen molar-refractivity contribution in [1.29, 1.82) is 5.41 Å². The number of nitrogens with one attached hydrogen (secondary N) is 1. The van der Waals surface area contributed by atoms with Crippen LogP contribution in [-0.4, -0.2) is 97.9 Å². The summed E-state index contributed by atoms with van der Waals surface area (Å²) in [5.74, 6) is -3.88. The summed E-state index contributed by atoms with van der Waals surface area (Å²) in [6, 6.07) is 11.5. The van der Waals surface area contributed by atoms with Gasteiger partial charge in [0.2, 0.25) is 6.40 Å². The minimum absolute atomic E-state index is 0.0837. The maximum absolute atomic E-state index is 12.8. The van der Waals surface area contributed by atoms with Crippen molar-refractivity contribution in [2.75, 3.05) is 36.2 Å². The molecule has 0 saturated heterocycles. The Morgan fingerprint density at radius 2 is 1.08 bits per heavy atom. The topological polar surface area (TPSA) is 456 Å². The lowest BCUT2D eigenvalue weighted by Gasteiger charge is -2.13. The lowest BCUT2D eigenvalue weighted by molar-refractivity contribution is -0.142. The average Bonchev–Trinajstić information content (AvgIpc) is 3.20. The van der Waals surface area contributed by atoms with Crippen LogP contribution in [0.4, 0.5) is 45.5 Å². The Kier molecular flexibility index (Phi) is 16.0. The minimum Gasteiger partial charge on any atom is -0.478 e. The van der Waals surface area contributed by atoms with E-state index in [1.165, 1.54) is 0 Å². The van der Waals surface area contributed by atoms with E-state index in [1.54, 1.807) is 0 Å². The number of carboxylic acid groups (broad SMARTS) is 1. The fraction of sp³-hybridized carbons (Fsp3) is 0.125. The van der Waals surface area contributed by atoms with Crippen LogP contribution in [0.2, 0.25) is 0 Å². The molecule has 0 aliphatic carbocycles. The molecule has 4 aromatic carbocycles. The number of aromatic carboxylic acids is 1. The van der Waals surface area contributed by atoms with Crippen molar-refractivity contribution in [2.45, 2.75) is 14.7 Å². The van der Waals surface area contributed by atoms with Gasteiger partial charge in [-0.25, -0.2) is 30.0 Å². The number of nitrogens with two attached hydrogens (primary N) is 2. The molecule has 0 saturated carbocycles. The molecule has 0 aliphatic heterocycles. The van der Waals surface area contributed by atoms with E-state index in [9.17, 15) is 56.5 Å². The summed E-state index contributed by atoms with van der Waals surface area (Å²) in [5.41, 5.74) is 7.40. The predicted octanol–water partition coefficient (Wildman–Crippen LogP) is 4.75. The van der Waals surface area contributed by atoms with Gasteiger partial charge in [-0.2, -0.15) is 35.5 Å². The largest absolute Gasteiger partial charge is 0.478 e. The van der Waals surface area contributed by atoms with Crippen LogP contribution in [0.15, 0.2) is 119 Å². The zero-order valence-electron chi connectivity index (χ0n) is 32.3. The number of carboxylic acids is 1. The van der Waals surface area contributed by atoms with Crippen LogP contribution in [0, 0.1) is 5.41 Å². The Balaban J connectivity index is 1.86. The number of hydrogen-bond acceptors (Lipinski definition) is 24. The van der Waals surface area contributed by atoms with Gasteiger partial charge in [0.25, 0.3) is 10.1 Å². The molecule has 4 aromatic rings. The van der Waals surface area contributed by atoms with Crippen molar-refractivity contribution in [2.24, 2.45) is 30.7 Å². The number of azo groups is 3. The van der Waals surface area contributed by atoms with Crippen LogP contribution in [0.3, 0.4) is 0 Å². The normalized spacial score (nSPS) is 12.8. The molecule has 28 nitrogen and oxygen atoms in total. The van der Waals surface area contributed by atoms with E-state index in [0.717, 1.165) is 66.7 Å². The second-order valence-electron chi connectivity index (χ2n) is 12.2. The van der Waals surface area contributed by atoms with Gasteiger partial charge in [-0.3, -0.25) is 28.8 Å². The molecule has 0 spiro atoms. The van der Waals surface area contributed by atoms with Crippen LogP contribution in [0.25, 0.3) is 5.76 Å². The number of rotatable bonds is 22. The number of benzene rings is 4. The van der Waals surface area contributed by atoms with Crippen LogP contribution < -0.4 is 11.5 Å². The third-order valence-electron chi connectivity index (χ3n) is 7.81. The molecule has 0 aromatic heterocycles. The van der Waals surface area contributed by atoms with Crippen LogP contribution in [0.1, 0.15) is 15.9 Å². The van der Waals surface area contributed by atoms with Crippen LogP contribution in [-0.2, 0) is 68.7 Å². The number of hydrogen-bond donors (Lipinski definition) is 7. The van der Waals surface area contributed by atoms with E-state index in [-0.39, 0.29) is 32.5 Å². The summed E-state index contributed by atoms with van der Waals surface area (Å²) in [5, 5.41) is 40.6. The molecule has 348 valence electrons. The summed E-state index contributed by atoms with van der Waals surface area (Å²) in [6.07, 6.45) is 0.388. The van der Waals surface area contributed by atoms with Gasteiger partial charge in [0.1, 0.15) is 33.2 Å².